The van der Waals surface area contributed by atoms with Crippen molar-refractivity contribution in [2.75, 3.05) is 0 Å². The van der Waals surface area contributed by atoms with Crippen molar-refractivity contribution in [2.45, 2.75) is 64.5 Å². The van der Waals surface area contributed by atoms with Gasteiger partial charge in [0.2, 0.25) is 0 Å². The fourth-order valence-corrected chi connectivity index (χ4v) is 2.28. The van der Waals surface area contributed by atoms with Crippen LogP contribution in [0.25, 0.3) is 0 Å². The Morgan fingerprint density at radius 2 is 1.78 bits per heavy atom. The first-order chi connectivity index (χ1) is 8.29. The lowest BCUT2D eigenvalue weighted by Crippen LogP contribution is -2.48. The minimum atomic E-state index is -0.979. The Bertz CT molecular complexity index is 303. The summed E-state index contributed by atoms with van der Waals surface area (Å²) in [6, 6.07) is -0.833. The zero-order chi connectivity index (χ0) is 13.8. The van der Waals surface area contributed by atoms with Gasteiger partial charge in [0.1, 0.15) is 11.6 Å². The molecule has 0 saturated heterocycles. The largest absolute Gasteiger partial charge is 0.480 e. The first kappa shape index (κ1) is 14.8. The van der Waals surface area contributed by atoms with Gasteiger partial charge in [0.15, 0.2) is 0 Å². The molecule has 104 valence electrons. The van der Waals surface area contributed by atoms with Crippen molar-refractivity contribution in [3.05, 3.63) is 0 Å². The molecular formula is C13H23NO4. The molecule has 0 aromatic rings. The topological polar surface area (TPSA) is 75.6 Å². The molecule has 1 rings (SSSR count). The van der Waals surface area contributed by atoms with Crippen LogP contribution in [0.15, 0.2) is 0 Å². The van der Waals surface area contributed by atoms with Gasteiger partial charge in [-0.3, -0.25) is 0 Å². The molecule has 1 unspecified atom stereocenters. The lowest BCUT2D eigenvalue weighted by molar-refractivity contribution is -0.141. The average molecular weight is 257 g/mol. The van der Waals surface area contributed by atoms with Gasteiger partial charge in [-0.1, -0.05) is 19.3 Å². The van der Waals surface area contributed by atoms with Crippen molar-refractivity contribution in [1.82, 2.24) is 5.32 Å². The van der Waals surface area contributed by atoms with Crippen LogP contribution < -0.4 is 5.32 Å². The third kappa shape index (κ3) is 4.94. The van der Waals surface area contributed by atoms with Gasteiger partial charge in [0.25, 0.3) is 0 Å². The second-order valence-electron chi connectivity index (χ2n) is 5.86. The Morgan fingerprint density at radius 3 is 2.22 bits per heavy atom. The molecule has 0 heterocycles. The maximum absolute atomic E-state index is 11.6. The quantitative estimate of drug-likeness (QED) is 0.814. The number of amides is 1. The van der Waals surface area contributed by atoms with E-state index in [0.29, 0.717) is 0 Å². The molecule has 0 spiro atoms. The summed E-state index contributed by atoms with van der Waals surface area (Å²) in [6.45, 7) is 5.26. The molecule has 0 aliphatic heterocycles. The number of carboxylic acids is 1. The summed E-state index contributed by atoms with van der Waals surface area (Å²) in [7, 11) is 0. The van der Waals surface area contributed by atoms with E-state index < -0.39 is 23.7 Å². The summed E-state index contributed by atoms with van der Waals surface area (Å²) in [6.07, 6.45) is 4.27. The highest BCUT2D eigenvalue weighted by atomic mass is 16.6. The predicted molar refractivity (Wildman–Crippen MR) is 67.4 cm³/mol. The van der Waals surface area contributed by atoms with Crippen LogP contribution in [0.2, 0.25) is 0 Å². The Hall–Kier alpha value is -1.26. The molecule has 5 nitrogen and oxygen atoms in total. The van der Waals surface area contributed by atoms with Gasteiger partial charge in [-0.15, -0.1) is 0 Å². The van der Waals surface area contributed by atoms with Crippen molar-refractivity contribution in [1.29, 1.82) is 0 Å². The number of carbonyl (C=O) groups excluding carboxylic acids is 1. The van der Waals surface area contributed by atoms with Crippen LogP contribution in [0.4, 0.5) is 4.79 Å². The minimum absolute atomic E-state index is 0.0174. The third-order valence-corrected chi connectivity index (χ3v) is 3.06. The second-order valence-corrected chi connectivity index (χ2v) is 5.86. The molecule has 1 saturated carbocycles. The van der Waals surface area contributed by atoms with Crippen LogP contribution in [0.5, 0.6) is 0 Å². The summed E-state index contributed by atoms with van der Waals surface area (Å²) in [5.41, 5.74) is -0.611. The summed E-state index contributed by atoms with van der Waals surface area (Å²) in [4.78, 5) is 22.8. The van der Waals surface area contributed by atoms with Gasteiger partial charge in [0, 0.05) is 0 Å². The first-order valence-corrected chi connectivity index (χ1v) is 6.52. The summed E-state index contributed by atoms with van der Waals surface area (Å²) < 4.78 is 5.10. The van der Waals surface area contributed by atoms with E-state index in [1.54, 1.807) is 20.8 Å². The van der Waals surface area contributed by atoms with Crippen LogP contribution in [-0.4, -0.2) is 28.8 Å². The monoisotopic (exact) mass is 257 g/mol. The van der Waals surface area contributed by atoms with Crippen LogP contribution in [-0.2, 0) is 9.53 Å². The van der Waals surface area contributed by atoms with E-state index in [1.807, 2.05) is 0 Å². The lowest BCUT2D eigenvalue weighted by Gasteiger charge is -2.29. The highest BCUT2D eigenvalue weighted by Crippen LogP contribution is 2.26. The third-order valence-electron chi connectivity index (χ3n) is 3.06. The van der Waals surface area contributed by atoms with Gasteiger partial charge in [-0.2, -0.15) is 0 Å². The fraction of sp³-hybridized carbons (Fsp3) is 0.846. The average Bonchev–Trinajstić information content (AvgIpc) is 2.24. The highest BCUT2D eigenvalue weighted by Gasteiger charge is 2.32. The summed E-state index contributed by atoms with van der Waals surface area (Å²) in [5.74, 6) is -0.962. The second kappa shape index (κ2) is 6.07. The van der Waals surface area contributed by atoms with Crippen molar-refractivity contribution in [3.8, 4) is 0 Å². The van der Waals surface area contributed by atoms with Gasteiger partial charge < -0.3 is 15.2 Å². The van der Waals surface area contributed by atoms with E-state index in [1.165, 1.54) is 0 Å². The molecule has 1 amide bonds. The van der Waals surface area contributed by atoms with Gasteiger partial charge >= 0.3 is 12.1 Å². The van der Waals surface area contributed by atoms with E-state index >= 15 is 0 Å². The SMILES string of the molecule is CC(C)(C)OC(=O)NC(C(=O)O)C1CCCCC1. The standard InChI is InChI=1S/C13H23NO4/c1-13(2,3)18-12(17)14-10(11(15)16)9-7-5-4-6-8-9/h9-10H,4-8H2,1-3H3,(H,14,17)(H,15,16). The molecular weight excluding hydrogens is 234 g/mol. The van der Waals surface area contributed by atoms with E-state index in [2.05, 4.69) is 5.32 Å². The normalized spacial score (nSPS) is 19.1. The number of hydrogen-bond donors (Lipinski definition) is 2. The highest BCUT2D eigenvalue weighted by molar-refractivity contribution is 5.80. The molecule has 0 bridgehead atoms. The summed E-state index contributed by atoms with van der Waals surface area (Å²) >= 11 is 0. The number of aliphatic carboxylic acids is 1. The van der Waals surface area contributed by atoms with Crippen molar-refractivity contribution < 1.29 is 19.4 Å². The smallest absolute Gasteiger partial charge is 0.408 e. The Kier molecular flexibility index (Phi) is 4.99. The molecule has 2 N–H and O–H groups in total. The predicted octanol–water partition coefficient (Wildman–Crippen LogP) is 2.54. The van der Waals surface area contributed by atoms with E-state index in [9.17, 15) is 14.7 Å². The van der Waals surface area contributed by atoms with E-state index in [4.69, 9.17) is 4.74 Å². The van der Waals surface area contributed by atoms with Crippen LogP contribution in [0.1, 0.15) is 52.9 Å². The van der Waals surface area contributed by atoms with Crippen LogP contribution in [0, 0.1) is 5.92 Å². The number of alkyl carbamates (subject to hydrolysis) is 1. The number of ether oxygens (including phenoxy) is 1. The molecule has 5 heteroatoms. The maximum atomic E-state index is 11.6. The van der Waals surface area contributed by atoms with E-state index in [0.717, 1.165) is 32.1 Å². The lowest BCUT2D eigenvalue weighted by atomic mass is 9.84. The number of hydrogen-bond acceptors (Lipinski definition) is 3. The van der Waals surface area contributed by atoms with Crippen molar-refractivity contribution in [2.24, 2.45) is 5.92 Å². The number of nitrogens with one attached hydrogen (secondary N) is 1. The number of rotatable bonds is 3. The van der Waals surface area contributed by atoms with Gasteiger partial charge in [-0.25, -0.2) is 9.59 Å². The van der Waals surface area contributed by atoms with Gasteiger partial charge in [0.05, 0.1) is 0 Å². The Labute approximate surface area is 108 Å². The molecule has 1 atom stereocenters. The Morgan fingerprint density at radius 1 is 1.22 bits per heavy atom. The Balaban J connectivity index is 2.57. The van der Waals surface area contributed by atoms with Crippen molar-refractivity contribution >= 4 is 12.1 Å². The van der Waals surface area contributed by atoms with Crippen LogP contribution in [0.3, 0.4) is 0 Å². The molecule has 0 radical (unpaired) electrons. The molecule has 1 fully saturated rings. The van der Waals surface area contributed by atoms with E-state index in [-0.39, 0.29) is 5.92 Å². The molecule has 0 aromatic carbocycles. The molecule has 18 heavy (non-hydrogen) atoms. The zero-order valence-electron chi connectivity index (χ0n) is 11.4. The fourth-order valence-electron chi connectivity index (χ4n) is 2.28. The zero-order valence-corrected chi connectivity index (χ0v) is 11.4. The number of carboxylic acid groups (broad SMARTS) is 1. The minimum Gasteiger partial charge on any atom is -0.480 e. The van der Waals surface area contributed by atoms with Gasteiger partial charge in [-0.05, 0) is 39.5 Å². The molecule has 1 aliphatic rings. The summed E-state index contributed by atoms with van der Waals surface area (Å²) in [5, 5.41) is 11.7. The van der Waals surface area contributed by atoms with Crippen LogP contribution >= 0.6 is 0 Å². The molecule has 1 aliphatic carbocycles. The van der Waals surface area contributed by atoms with Crippen molar-refractivity contribution in [3.63, 3.8) is 0 Å². The maximum Gasteiger partial charge on any atom is 0.408 e. The first-order valence-electron chi connectivity index (χ1n) is 6.52. The molecule has 0 aromatic heterocycles. The number of carbonyl (C=O) groups is 2.